The van der Waals surface area contributed by atoms with Crippen LogP contribution >= 0.6 is 11.3 Å². The van der Waals surface area contributed by atoms with E-state index in [1.165, 1.54) is 4.88 Å². The highest BCUT2D eigenvalue weighted by Gasteiger charge is 2.03. The Morgan fingerprint density at radius 2 is 1.93 bits per heavy atom. The number of anilines is 1. The van der Waals surface area contributed by atoms with Crippen molar-refractivity contribution < 1.29 is 14.2 Å². The van der Waals surface area contributed by atoms with Gasteiger partial charge in [-0.25, -0.2) is 4.99 Å². The first-order chi connectivity index (χ1) is 13.7. The topological polar surface area (TPSA) is 64.1 Å². The average molecular weight is 406 g/mol. The van der Waals surface area contributed by atoms with Crippen LogP contribution in [0.5, 0.6) is 5.75 Å². The van der Waals surface area contributed by atoms with E-state index in [0.29, 0.717) is 26.4 Å². The molecule has 154 valence electrons. The van der Waals surface area contributed by atoms with Crippen molar-refractivity contribution in [2.75, 3.05) is 38.8 Å². The number of benzene rings is 1. The molecule has 1 aromatic heterocycles. The summed E-state index contributed by atoms with van der Waals surface area (Å²) in [6.07, 6.45) is 1.06. The minimum atomic E-state index is 0.162. The van der Waals surface area contributed by atoms with E-state index in [1.807, 2.05) is 44.2 Å². The summed E-state index contributed by atoms with van der Waals surface area (Å²) in [6, 6.07) is 12.0. The molecule has 7 heteroatoms. The Kier molecular flexibility index (Phi) is 10.4. The molecule has 0 amide bonds. The van der Waals surface area contributed by atoms with Gasteiger partial charge in [-0.2, -0.15) is 0 Å². The second-order valence-corrected chi connectivity index (χ2v) is 7.48. The van der Waals surface area contributed by atoms with Gasteiger partial charge >= 0.3 is 0 Å². The number of methoxy groups -OCH3 is 1. The number of nitrogens with one attached hydrogen (secondary N) is 2. The summed E-state index contributed by atoms with van der Waals surface area (Å²) in [5.74, 6) is 1.61. The van der Waals surface area contributed by atoms with Gasteiger partial charge in [-0.15, -0.1) is 11.3 Å². The highest BCUT2D eigenvalue weighted by atomic mass is 32.1. The summed E-state index contributed by atoms with van der Waals surface area (Å²) >= 11 is 1.71. The highest BCUT2D eigenvalue weighted by Crippen LogP contribution is 2.17. The van der Waals surface area contributed by atoms with Crippen molar-refractivity contribution in [2.45, 2.75) is 32.9 Å². The number of thiophene rings is 1. The zero-order valence-electron chi connectivity index (χ0n) is 16.9. The smallest absolute Gasteiger partial charge is 0.196 e. The third kappa shape index (κ3) is 9.21. The Bertz CT molecular complexity index is 673. The van der Waals surface area contributed by atoms with Crippen LogP contribution in [0.1, 0.15) is 25.1 Å². The van der Waals surface area contributed by atoms with Crippen molar-refractivity contribution in [3.8, 4) is 5.75 Å². The molecule has 1 heterocycles. The second kappa shape index (κ2) is 13.1. The van der Waals surface area contributed by atoms with E-state index in [-0.39, 0.29) is 6.10 Å². The van der Waals surface area contributed by atoms with Crippen molar-refractivity contribution in [1.82, 2.24) is 5.32 Å². The third-order valence-electron chi connectivity index (χ3n) is 3.65. The van der Waals surface area contributed by atoms with Gasteiger partial charge in [-0.05, 0) is 56.0 Å². The molecule has 0 saturated carbocycles. The molecule has 0 unspecified atom stereocenters. The Balaban J connectivity index is 1.87. The van der Waals surface area contributed by atoms with Gasteiger partial charge in [0.1, 0.15) is 5.75 Å². The Morgan fingerprint density at radius 1 is 1.11 bits per heavy atom. The number of nitrogens with zero attached hydrogens (tertiary/aromatic N) is 1. The second-order valence-electron chi connectivity index (χ2n) is 6.45. The molecule has 0 radical (unpaired) electrons. The maximum absolute atomic E-state index is 5.70. The van der Waals surface area contributed by atoms with Crippen LogP contribution < -0.4 is 15.4 Å². The van der Waals surface area contributed by atoms with Crippen LogP contribution in [0.15, 0.2) is 46.8 Å². The Labute approximate surface area is 171 Å². The predicted molar refractivity (Wildman–Crippen MR) is 117 cm³/mol. The lowest BCUT2D eigenvalue weighted by molar-refractivity contribution is 0.0699. The molecule has 0 aliphatic carbocycles. The van der Waals surface area contributed by atoms with Crippen LogP contribution in [0.25, 0.3) is 0 Å². The summed E-state index contributed by atoms with van der Waals surface area (Å²) in [7, 11) is 1.68. The first-order valence-electron chi connectivity index (χ1n) is 9.58. The van der Waals surface area contributed by atoms with Crippen LogP contribution in [0.2, 0.25) is 0 Å². The fourth-order valence-corrected chi connectivity index (χ4v) is 2.98. The molecule has 0 saturated heterocycles. The lowest BCUT2D eigenvalue weighted by atomic mass is 10.3. The predicted octanol–water partition coefficient (Wildman–Crippen LogP) is 4.15. The largest absolute Gasteiger partial charge is 0.491 e. The van der Waals surface area contributed by atoms with E-state index in [4.69, 9.17) is 19.2 Å². The summed E-state index contributed by atoms with van der Waals surface area (Å²) in [5, 5.41) is 8.80. The quantitative estimate of drug-likeness (QED) is 0.316. The number of rotatable bonds is 12. The van der Waals surface area contributed by atoms with E-state index >= 15 is 0 Å². The maximum Gasteiger partial charge on any atom is 0.196 e. The Morgan fingerprint density at radius 3 is 2.61 bits per heavy atom. The first kappa shape index (κ1) is 22.2. The maximum atomic E-state index is 5.70. The van der Waals surface area contributed by atoms with Crippen LogP contribution in [-0.2, 0) is 16.0 Å². The SMILES string of the molecule is COCCOCCCNC(=NCc1cccs1)Nc1ccc(OC(C)C)cc1. The third-order valence-corrected chi connectivity index (χ3v) is 4.51. The van der Waals surface area contributed by atoms with Gasteiger partial charge in [0.05, 0.1) is 25.9 Å². The van der Waals surface area contributed by atoms with Crippen LogP contribution in [-0.4, -0.2) is 45.5 Å². The van der Waals surface area contributed by atoms with Crippen molar-refractivity contribution in [2.24, 2.45) is 4.99 Å². The molecule has 28 heavy (non-hydrogen) atoms. The molecule has 2 aromatic rings. The summed E-state index contributed by atoms with van der Waals surface area (Å²) in [5.41, 5.74) is 0.963. The fraction of sp³-hybridized carbons (Fsp3) is 0.476. The molecule has 0 atom stereocenters. The van der Waals surface area contributed by atoms with Gasteiger partial charge in [-0.1, -0.05) is 6.07 Å². The molecule has 2 N–H and O–H groups in total. The zero-order chi connectivity index (χ0) is 20.0. The standard InChI is InChI=1S/C21H31N3O3S/c1-17(2)27-19-9-7-18(8-10-19)24-21(23-16-20-6-4-15-28-20)22-11-5-12-26-14-13-25-3/h4,6-10,15,17H,5,11-14,16H2,1-3H3,(H2,22,23,24). The number of aliphatic imine (C=N–C) groups is 1. The van der Waals surface area contributed by atoms with E-state index in [2.05, 4.69) is 22.1 Å². The van der Waals surface area contributed by atoms with Crippen LogP contribution in [0.4, 0.5) is 5.69 Å². The van der Waals surface area contributed by atoms with Gasteiger partial charge in [0.2, 0.25) is 0 Å². The molecule has 0 aliphatic rings. The molecule has 0 fully saturated rings. The first-order valence-corrected chi connectivity index (χ1v) is 10.5. The zero-order valence-corrected chi connectivity index (χ0v) is 17.8. The van der Waals surface area contributed by atoms with Crippen molar-refractivity contribution in [3.05, 3.63) is 46.7 Å². The van der Waals surface area contributed by atoms with Gasteiger partial charge < -0.3 is 24.8 Å². The molecule has 1 aromatic carbocycles. The number of ether oxygens (including phenoxy) is 3. The van der Waals surface area contributed by atoms with E-state index in [0.717, 1.165) is 30.4 Å². The van der Waals surface area contributed by atoms with Gasteiger partial charge in [-0.3, -0.25) is 0 Å². The fourth-order valence-electron chi connectivity index (χ4n) is 2.35. The minimum Gasteiger partial charge on any atom is -0.491 e. The van der Waals surface area contributed by atoms with Gasteiger partial charge in [0.25, 0.3) is 0 Å². The van der Waals surface area contributed by atoms with Crippen molar-refractivity contribution >= 4 is 23.0 Å². The number of guanidine groups is 1. The Hall–Kier alpha value is -2.09. The average Bonchev–Trinajstić information content (AvgIpc) is 3.20. The minimum absolute atomic E-state index is 0.162. The number of hydrogen-bond acceptors (Lipinski definition) is 5. The van der Waals surface area contributed by atoms with Crippen molar-refractivity contribution in [3.63, 3.8) is 0 Å². The van der Waals surface area contributed by atoms with E-state index in [1.54, 1.807) is 18.4 Å². The van der Waals surface area contributed by atoms with Crippen molar-refractivity contribution in [1.29, 1.82) is 0 Å². The van der Waals surface area contributed by atoms with E-state index in [9.17, 15) is 0 Å². The highest BCUT2D eigenvalue weighted by molar-refractivity contribution is 7.09. The number of hydrogen-bond donors (Lipinski definition) is 2. The van der Waals surface area contributed by atoms with Gasteiger partial charge in [0.15, 0.2) is 5.96 Å². The van der Waals surface area contributed by atoms with E-state index < -0.39 is 0 Å². The molecular weight excluding hydrogens is 374 g/mol. The van der Waals surface area contributed by atoms with Gasteiger partial charge in [0, 0.05) is 30.8 Å². The molecular formula is C21H31N3O3S. The van der Waals surface area contributed by atoms with Crippen LogP contribution in [0.3, 0.4) is 0 Å². The summed E-state index contributed by atoms with van der Waals surface area (Å²) in [6.45, 7) is 7.40. The van der Waals surface area contributed by atoms with Crippen LogP contribution in [0, 0.1) is 0 Å². The lowest BCUT2D eigenvalue weighted by Gasteiger charge is -2.14. The molecule has 0 spiro atoms. The summed E-state index contributed by atoms with van der Waals surface area (Å²) in [4.78, 5) is 5.92. The molecule has 0 aliphatic heterocycles. The molecule has 6 nitrogen and oxygen atoms in total. The monoisotopic (exact) mass is 405 g/mol. The molecule has 2 rings (SSSR count). The lowest BCUT2D eigenvalue weighted by Crippen LogP contribution is -2.32. The normalized spacial score (nSPS) is 11.6. The molecule has 0 bridgehead atoms. The summed E-state index contributed by atoms with van der Waals surface area (Å²) < 4.78 is 16.2.